The minimum Gasteiger partial charge on any atom is -0.465 e. The monoisotopic (exact) mass is 438 g/mol. The molecule has 2 heterocycles. The number of amides is 2. The molecule has 2 unspecified atom stereocenters. The number of fused-ring (bicyclic) bond motifs is 1. The smallest absolute Gasteiger partial charge is 0.341 e. The van der Waals surface area contributed by atoms with Crippen molar-refractivity contribution in [2.24, 2.45) is 11.8 Å². The molecule has 0 bridgehead atoms. The number of benzene rings is 1. The molecule has 2 amide bonds. The van der Waals surface area contributed by atoms with Gasteiger partial charge in [0.05, 0.1) is 19.6 Å². The van der Waals surface area contributed by atoms with Crippen molar-refractivity contribution >= 4 is 23.5 Å². The van der Waals surface area contributed by atoms with E-state index in [4.69, 9.17) is 9.15 Å². The number of hydrogen-bond donors (Lipinski definition) is 0. The fourth-order valence-electron chi connectivity index (χ4n) is 5.02. The number of para-hydroxylation sites is 1. The van der Waals surface area contributed by atoms with Gasteiger partial charge in [-0.2, -0.15) is 0 Å². The molecular weight excluding hydrogens is 408 g/mol. The highest BCUT2D eigenvalue weighted by Gasteiger charge is 2.40. The lowest BCUT2D eigenvalue weighted by molar-refractivity contribution is -0.142. The second kappa shape index (κ2) is 9.18. The normalized spacial score (nSPS) is 20.0. The van der Waals surface area contributed by atoms with Crippen LogP contribution in [-0.2, 0) is 27.3 Å². The van der Waals surface area contributed by atoms with Gasteiger partial charge in [-0.05, 0) is 43.9 Å². The maximum atomic E-state index is 13.5. The number of ether oxygens (including phenoxy) is 1. The zero-order chi connectivity index (χ0) is 22.8. The van der Waals surface area contributed by atoms with Crippen molar-refractivity contribution < 1.29 is 23.5 Å². The Bertz CT molecular complexity index is 1030. The Balaban J connectivity index is 1.48. The Hall–Kier alpha value is -3.09. The van der Waals surface area contributed by atoms with Gasteiger partial charge in [0, 0.05) is 25.2 Å². The molecule has 2 atom stereocenters. The van der Waals surface area contributed by atoms with Gasteiger partial charge in [0.25, 0.3) is 0 Å². The third-order valence-corrected chi connectivity index (χ3v) is 6.70. The van der Waals surface area contributed by atoms with Crippen LogP contribution in [0.1, 0.15) is 53.1 Å². The molecular formula is C25H30N2O5. The molecule has 2 aromatic rings. The topological polar surface area (TPSA) is 80.1 Å². The average molecular weight is 439 g/mol. The van der Waals surface area contributed by atoms with Gasteiger partial charge in [-0.3, -0.25) is 9.59 Å². The Morgan fingerprint density at radius 2 is 1.88 bits per heavy atom. The van der Waals surface area contributed by atoms with E-state index in [1.54, 1.807) is 24.9 Å². The first-order valence-corrected chi connectivity index (χ1v) is 11.2. The third-order valence-electron chi connectivity index (χ3n) is 6.70. The second-order valence-electron chi connectivity index (χ2n) is 8.73. The molecule has 32 heavy (non-hydrogen) atoms. The quantitative estimate of drug-likeness (QED) is 0.665. The van der Waals surface area contributed by atoms with Crippen LogP contribution >= 0.6 is 0 Å². The van der Waals surface area contributed by atoms with Crippen molar-refractivity contribution in [3.05, 3.63) is 53.0 Å². The van der Waals surface area contributed by atoms with Gasteiger partial charge in [-0.15, -0.1) is 0 Å². The predicted molar refractivity (Wildman–Crippen MR) is 119 cm³/mol. The molecule has 1 aromatic heterocycles. The Morgan fingerprint density at radius 1 is 1.16 bits per heavy atom. The van der Waals surface area contributed by atoms with Gasteiger partial charge in [0.2, 0.25) is 11.8 Å². The van der Waals surface area contributed by atoms with Crippen LogP contribution in [0.3, 0.4) is 0 Å². The number of furan rings is 1. The van der Waals surface area contributed by atoms with Crippen molar-refractivity contribution in [1.29, 1.82) is 0 Å². The Kier molecular flexibility index (Phi) is 6.35. The molecule has 0 saturated heterocycles. The standard InChI is InChI=1S/C25H30N2O5/c1-16-21(25(30)31-3)14-18(32-16)15-26(2)23(28)19-9-5-6-10-20(19)24(29)27-13-12-17-8-4-7-11-22(17)27/h4,7-8,11,14,19-20H,5-6,9-10,12-13,15H2,1-3H3. The number of hydrogen-bond acceptors (Lipinski definition) is 5. The maximum Gasteiger partial charge on any atom is 0.341 e. The minimum atomic E-state index is -0.463. The molecule has 1 aliphatic carbocycles. The van der Waals surface area contributed by atoms with Crippen molar-refractivity contribution in [1.82, 2.24) is 4.90 Å². The summed E-state index contributed by atoms with van der Waals surface area (Å²) in [4.78, 5) is 42.2. The van der Waals surface area contributed by atoms with Crippen molar-refractivity contribution in [2.45, 2.75) is 45.6 Å². The van der Waals surface area contributed by atoms with Crippen molar-refractivity contribution in [2.75, 3.05) is 25.6 Å². The first-order valence-electron chi connectivity index (χ1n) is 11.2. The molecule has 1 fully saturated rings. The summed E-state index contributed by atoms with van der Waals surface area (Å²) in [6.07, 6.45) is 4.19. The van der Waals surface area contributed by atoms with E-state index in [2.05, 4.69) is 6.07 Å². The van der Waals surface area contributed by atoms with E-state index in [9.17, 15) is 14.4 Å². The molecule has 7 nitrogen and oxygen atoms in total. The van der Waals surface area contributed by atoms with Gasteiger partial charge < -0.3 is 19.0 Å². The van der Waals surface area contributed by atoms with Crippen LogP contribution in [0.25, 0.3) is 0 Å². The lowest BCUT2D eigenvalue weighted by Crippen LogP contribution is -2.45. The van der Waals surface area contributed by atoms with E-state index < -0.39 is 5.97 Å². The molecule has 2 aliphatic rings. The summed E-state index contributed by atoms with van der Waals surface area (Å²) in [6.45, 7) is 2.61. The SMILES string of the molecule is COC(=O)c1cc(CN(C)C(=O)C2CCCCC2C(=O)N2CCc3ccccc32)oc1C. The number of nitrogens with zero attached hydrogens (tertiary/aromatic N) is 2. The summed E-state index contributed by atoms with van der Waals surface area (Å²) in [5.41, 5.74) is 2.53. The van der Waals surface area contributed by atoms with Crippen LogP contribution in [0, 0.1) is 18.8 Å². The highest BCUT2D eigenvalue weighted by atomic mass is 16.5. The summed E-state index contributed by atoms with van der Waals surface area (Å²) in [5, 5.41) is 0. The maximum absolute atomic E-state index is 13.5. The number of methoxy groups -OCH3 is 1. The largest absolute Gasteiger partial charge is 0.465 e. The lowest BCUT2D eigenvalue weighted by atomic mass is 9.77. The first kappa shape index (κ1) is 22.1. The number of carbonyl (C=O) groups is 3. The van der Waals surface area contributed by atoms with Gasteiger partial charge in [-0.1, -0.05) is 31.0 Å². The molecule has 0 spiro atoms. The molecule has 0 radical (unpaired) electrons. The summed E-state index contributed by atoms with van der Waals surface area (Å²) < 4.78 is 10.4. The summed E-state index contributed by atoms with van der Waals surface area (Å²) >= 11 is 0. The second-order valence-corrected chi connectivity index (χ2v) is 8.73. The fourth-order valence-corrected chi connectivity index (χ4v) is 5.02. The predicted octanol–water partition coefficient (Wildman–Crippen LogP) is 3.73. The summed E-state index contributed by atoms with van der Waals surface area (Å²) in [5.74, 6) is -0.126. The van der Waals surface area contributed by atoms with E-state index in [1.165, 1.54) is 12.7 Å². The molecule has 4 rings (SSSR count). The number of esters is 1. The summed E-state index contributed by atoms with van der Waals surface area (Å²) in [6, 6.07) is 9.62. The number of carbonyl (C=O) groups excluding carboxylic acids is 3. The van der Waals surface area contributed by atoms with E-state index in [1.807, 2.05) is 23.1 Å². The van der Waals surface area contributed by atoms with E-state index in [0.717, 1.165) is 31.4 Å². The van der Waals surface area contributed by atoms with Crippen molar-refractivity contribution in [3.8, 4) is 0 Å². The average Bonchev–Trinajstić information content (AvgIpc) is 3.40. The number of anilines is 1. The van der Waals surface area contributed by atoms with Crippen LogP contribution in [0.4, 0.5) is 5.69 Å². The van der Waals surface area contributed by atoms with Crippen LogP contribution in [0.5, 0.6) is 0 Å². The first-order chi connectivity index (χ1) is 15.4. The molecule has 1 aliphatic heterocycles. The van der Waals surface area contributed by atoms with Crippen LogP contribution < -0.4 is 4.90 Å². The van der Waals surface area contributed by atoms with Crippen LogP contribution in [0.15, 0.2) is 34.7 Å². The zero-order valence-corrected chi connectivity index (χ0v) is 18.9. The number of rotatable bonds is 5. The van der Waals surface area contributed by atoms with Gasteiger partial charge >= 0.3 is 5.97 Å². The van der Waals surface area contributed by atoms with E-state index >= 15 is 0 Å². The fraction of sp³-hybridized carbons (Fsp3) is 0.480. The van der Waals surface area contributed by atoms with Crippen molar-refractivity contribution in [3.63, 3.8) is 0 Å². The van der Waals surface area contributed by atoms with Gasteiger partial charge in [0.1, 0.15) is 17.1 Å². The van der Waals surface area contributed by atoms with Gasteiger partial charge in [-0.25, -0.2) is 4.79 Å². The van der Waals surface area contributed by atoms with Crippen LogP contribution in [-0.4, -0.2) is 43.4 Å². The molecule has 1 saturated carbocycles. The highest BCUT2D eigenvalue weighted by Crippen LogP contribution is 2.36. The molecule has 7 heteroatoms. The molecule has 0 N–H and O–H groups in total. The Labute approximate surface area is 188 Å². The van der Waals surface area contributed by atoms with Crippen LogP contribution in [0.2, 0.25) is 0 Å². The van der Waals surface area contributed by atoms with E-state index in [0.29, 0.717) is 30.0 Å². The zero-order valence-electron chi connectivity index (χ0n) is 18.9. The highest BCUT2D eigenvalue weighted by molar-refractivity contribution is 5.99. The third kappa shape index (κ3) is 4.16. The van der Waals surface area contributed by atoms with E-state index in [-0.39, 0.29) is 30.2 Å². The lowest BCUT2D eigenvalue weighted by Gasteiger charge is -2.34. The van der Waals surface area contributed by atoms with Gasteiger partial charge in [0.15, 0.2) is 0 Å². The number of aryl methyl sites for hydroxylation is 1. The molecule has 170 valence electrons. The minimum absolute atomic E-state index is 0.0517. The molecule has 1 aromatic carbocycles. The summed E-state index contributed by atoms with van der Waals surface area (Å²) in [7, 11) is 3.04. The Morgan fingerprint density at radius 3 is 2.62 bits per heavy atom.